The molecule has 0 aliphatic heterocycles. The van der Waals surface area contributed by atoms with Gasteiger partial charge in [-0.05, 0) is 6.07 Å². The van der Waals surface area contributed by atoms with Crippen molar-refractivity contribution < 1.29 is 14.3 Å². The number of rotatable bonds is 3. The first-order chi connectivity index (χ1) is 10.8. The molecule has 0 saturated carbocycles. The van der Waals surface area contributed by atoms with E-state index in [2.05, 4.69) is 9.72 Å². The highest BCUT2D eigenvalue weighted by Crippen LogP contribution is 2.49. The Balaban J connectivity index is 2.83. The van der Waals surface area contributed by atoms with Crippen LogP contribution < -0.4 is 4.74 Å². The Kier molecular flexibility index (Phi) is 5.87. The van der Waals surface area contributed by atoms with Crippen molar-refractivity contribution in [2.45, 2.75) is 0 Å². The highest BCUT2D eigenvalue weighted by molar-refractivity contribution is 6.56. The van der Waals surface area contributed by atoms with Crippen molar-refractivity contribution in [1.82, 2.24) is 4.98 Å². The smallest absolute Gasteiger partial charge is 0.339 e. The summed E-state index contributed by atoms with van der Waals surface area (Å²) in [6, 6.07) is 1.46. The number of carbonyl (C=O) groups excluding carboxylic acids is 1. The van der Waals surface area contributed by atoms with Gasteiger partial charge in [-0.15, -0.1) is 0 Å². The topological polar surface area (TPSA) is 48.4 Å². The minimum Gasteiger partial charge on any atom is -0.481 e. The van der Waals surface area contributed by atoms with Crippen LogP contribution in [0.2, 0.25) is 25.1 Å². The maximum atomic E-state index is 11.7. The van der Waals surface area contributed by atoms with Crippen LogP contribution in [0.25, 0.3) is 11.1 Å². The Morgan fingerprint density at radius 1 is 0.957 bits per heavy atom. The monoisotopic (exact) mass is 413 g/mol. The quantitative estimate of drug-likeness (QED) is 0.361. The predicted octanol–water partition coefficient (Wildman–Crippen LogP) is 5.81. The van der Waals surface area contributed by atoms with E-state index in [4.69, 9.17) is 62.7 Å². The van der Waals surface area contributed by atoms with Crippen LogP contribution in [0, 0.1) is 0 Å². The van der Waals surface area contributed by atoms with Crippen molar-refractivity contribution >= 4 is 64.0 Å². The molecule has 0 N–H and O–H groups in total. The molecule has 1 aromatic heterocycles. The van der Waals surface area contributed by atoms with E-state index in [0.29, 0.717) is 5.56 Å². The zero-order chi connectivity index (χ0) is 17.3. The van der Waals surface area contributed by atoms with Gasteiger partial charge in [-0.1, -0.05) is 58.0 Å². The van der Waals surface area contributed by atoms with Crippen LogP contribution in [0.15, 0.2) is 12.3 Å². The highest BCUT2D eigenvalue weighted by atomic mass is 35.5. The van der Waals surface area contributed by atoms with Gasteiger partial charge in [-0.2, -0.15) is 0 Å². The first kappa shape index (κ1) is 18.4. The van der Waals surface area contributed by atoms with E-state index in [0.717, 1.165) is 0 Å². The molecule has 0 spiro atoms. The minimum atomic E-state index is -0.584. The molecule has 0 unspecified atom stereocenters. The van der Waals surface area contributed by atoms with Gasteiger partial charge in [0.25, 0.3) is 0 Å². The minimum absolute atomic E-state index is 0.0307. The lowest BCUT2D eigenvalue weighted by atomic mass is 10.0. The molecule has 0 radical (unpaired) electrons. The number of aromatic nitrogens is 1. The van der Waals surface area contributed by atoms with Gasteiger partial charge in [0.2, 0.25) is 5.88 Å². The van der Waals surface area contributed by atoms with Crippen LogP contribution in [0.4, 0.5) is 0 Å². The van der Waals surface area contributed by atoms with E-state index in [1.807, 2.05) is 0 Å². The van der Waals surface area contributed by atoms with Gasteiger partial charge in [0.1, 0.15) is 0 Å². The normalized spacial score (nSPS) is 10.6. The Morgan fingerprint density at radius 3 is 1.96 bits per heavy atom. The summed E-state index contributed by atoms with van der Waals surface area (Å²) in [4.78, 5) is 15.8. The molecular formula is C14H8Cl5NO3. The summed E-state index contributed by atoms with van der Waals surface area (Å²) in [5.41, 5.74) is 0.756. The molecule has 2 aromatic rings. The Bertz CT molecular complexity index is 765. The first-order valence-corrected chi connectivity index (χ1v) is 7.86. The third kappa shape index (κ3) is 3.32. The molecule has 0 fully saturated rings. The Labute approximate surface area is 157 Å². The van der Waals surface area contributed by atoms with E-state index in [-0.39, 0.29) is 42.1 Å². The van der Waals surface area contributed by atoms with Crippen LogP contribution in [0.5, 0.6) is 5.88 Å². The molecule has 2 rings (SSSR count). The summed E-state index contributed by atoms with van der Waals surface area (Å²) in [5, 5.41) is 0.219. The van der Waals surface area contributed by atoms with Crippen LogP contribution in [0.1, 0.15) is 10.4 Å². The van der Waals surface area contributed by atoms with Gasteiger partial charge in [-0.3, -0.25) is 0 Å². The number of hydrogen-bond donors (Lipinski definition) is 0. The average Bonchev–Trinajstić information content (AvgIpc) is 2.57. The fourth-order valence-electron chi connectivity index (χ4n) is 1.86. The number of methoxy groups -OCH3 is 2. The van der Waals surface area contributed by atoms with Gasteiger partial charge in [0.05, 0.1) is 44.9 Å². The summed E-state index contributed by atoms with van der Waals surface area (Å²) < 4.78 is 9.86. The van der Waals surface area contributed by atoms with Crippen LogP contribution in [0.3, 0.4) is 0 Å². The molecular weight excluding hydrogens is 407 g/mol. The van der Waals surface area contributed by atoms with Gasteiger partial charge < -0.3 is 9.47 Å². The second-order valence-electron chi connectivity index (χ2n) is 4.22. The number of carbonyl (C=O) groups is 1. The fraction of sp³-hybridized carbons (Fsp3) is 0.143. The molecule has 0 atom stereocenters. The molecule has 122 valence electrons. The number of esters is 1. The second kappa shape index (κ2) is 7.32. The lowest BCUT2D eigenvalue weighted by Gasteiger charge is -2.15. The van der Waals surface area contributed by atoms with Crippen LogP contribution in [-0.4, -0.2) is 25.2 Å². The van der Waals surface area contributed by atoms with Gasteiger partial charge in [0, 0.05) is 17.3 Å². The van der Waals surface area contributed by atoms with Crippen molar-refractivity contribution in [2.75, 3.05) is 14.2 Å². The van der Waals surface area contributed by atoms with Gasteiger partial charge in [-0.25, -0.2) is 9.78 Å². The third-order valence-electron chi connectivity index (χ3n) is 2.94. The second-order valence-corrected chi connectivity index (χ2v) is 6.11. The number of nitrogens with zero attached hydrogens (tertiary/aromatic N) is 1. The number of ether oxygens (including phenoxy) is 2. The van der Waals surface area contributed by atoms with E-state index >= 15 is 0 Å². The molecule has 1 aromatic carbocycles. The van der Waals surface area contributed by atoms with Gasteiger partial charge in [0.15, 0.2) is 0 Å². The fourth-order valence-corrected chi connectivity index (χ4v) is 3.21. The molecule has 9 heteroatoms. The summed E-state index contributed by atoms with van der Waals surface area (Å²) in [6.07, 6.45) is 1.30. The number of pyridine rings is 1. The maximum absolute atomic E-state index is 11.7. The van der Waals surface area contributed by atoms with Crippen molar-refractivity contribution in [3.8, 4) is 17.0 Å². The lowest BCUT2D eigenvalue weighted by Crippen LogP contribution is -2.04. The first-order valence-electron chi connectivity index (χ1n) is 5.97. The van der Waals surface area contributed by atoms with E-state index < -0.39 is 5.97 Å². The molecule has 0 amide bonds. The lowest BCUT2D eigenvalue weighted by molar-refractivity contribution is 0.0600. The maximum Gasteiger partial charge on any atom is 0.339 e. The summed E-state index contributed by atoms with van der Waals surface area (Å²) in [5.74, 6) is -0.407. The predicted molar refractivity (Wildman–Crippen MR) is 92.6 cm³/mol. The molecule has 1 heterocycles. The Hall–Kier alpha value is -0.910. The zero-order valence-electron chi connectivity index (χ0n) is 11.7. The number of halogens is 5. The summed E-state index contributed by atoms with van der Waals surface area (Å²) >= 11 is 30.6. The van der Waals surface area contributed by atoms with Crippen molar-refractivity contribution in [3.05, 3.63) is 42.9 Å². The third-order valence-corrected chi connectivity index (χ3v) is 5.22. The average molecular weight is 415 g/mol. The van der Waals surface area contributed by atoms with Crippen molar-refractivity contribution in [1.29, 1.82) is 0 Å². The molecule has 0 aliphatic rings. The molecule has 0 saturated heterocycles. The molecule has 4 nitrogen and oxygen atoms in total. The summed E-state index contributed by atoms with van der Waals surface area (Å²) in [6.45, 7) is 0. The van der Waals surface area contributed by atoms with Crippen LogP contribution >= 0.6 is 58.0 Å². The van der Waals surface area contributed by atoms with Crippen molar-refractivity contribution in [3.63, 3.8) is 0 Å². The standard InChI is InChI=1S/C14H8Cl5NO3/c1-22-13-6(3-5(4-20-13)14(21)23-2)7-8(15)10(17)12(19)11(18)9(7)16/h3-4H,1-2H3. The van der Waals surface area contributed by atoms with Gasteiger partial charge >= 0.3 is 5.97 Å². The highest BCUT2D eigenvalue weighted by Gasteiger charge is 2.24. The van der Waals surface area contributed by atoms with E-state index in [1.165, 1.54) is 26.5 Å². The summed E-state index contributed by atoms with van der Waals surface area (Å²) in [7, 11) is 2.66. The largest absolute Gasteiger partial charge is 0.481 e. The Morgan fingerprint density at radius 2 is 1.48 bits per heavy atom. The molecule has 23 heavy (non-hydrogen) atoms. The zero-order valence-corrected chi connectivity index (χ0v) is 15.5. The SMILES string of the molecule is COC(=O)c1cnc(OC)c(-c2c(Cl)c(Cl)c(Cl)c(Cl)c2Cl)c1. The molecule has 0 bridgehead atoms. The van der Waals surface area contributed by atoms with E-state index in [1.54, 1.807) is 0 Å². The van der Waals surface area contributed by atoms with E-state index in [9.17, 15) is 4.79 Å². The molecule has 0 aliphatic carbocycles. The van der Waals surface area contributed by atoms with Crippen molar-refractivity contribution in [2.24, 2.45) is 0 Å². The van der Waals surface area contributed by atoms with Crippen LogP contribution in [-0.2, 0) is 4.74 Å². The number of hydrogen-bond acceptors (Lipinski definition) is 4. The number of benzene rings is 1.